The number of ether oxygens (including phenoxy) is 5. The fraction of sp³-hybridized carbons (Fsp3) is 0.800. The summed E-state index contributed by atoms with van der Waals surface area (Å²) in [5.41, 5.74) is 5.28. The van der Waals surface area contributed by atoms with E-state index in [0.717, 1.165) is 0 Å². The van der Waals surface area contributed by atoms with E-state index in [1.54, 1.807) is 0 Å². The van der Waals surface area contributed by atoms with Crippen molar-refractivity contribution in [3.05, 3.63) is 12.7 Å². The monoisotopic (exact) mass is 334 g/mol. The van der Waals surface area contributed by atoms with Crippen molar-refractivity contribution < 1.29 is 28.5 Å². The van der Waals surface area contributed by atoms with Gasteiger partial charge in [-0.15, -0.1) is 0 Å². The number of rotatable bonds is 18. The molecule has 8 nitrogen and oxygen atoms in total. The van der Waals surface area contributed by atoms with Gasteiger partial charge in [-0.3, -0.25) is 4.79 Å². The summed E-state index contributed by atoms with van der Waals surface area (Å²) in [5, 5.41) is 2.61. The Balaban J connectivity index is 3.00. The first kappa shape index (κ1) is 22.0. The van der Waals surface area contributed by atoms with E-state index in [1.165, 1.54) is 6.08 Å². The Morgan fingerprint density at radius 3 is 1.57 bits per heavy atom. The van der Waals surface area contributed by atoms with Gasteiger partial charge < -0.3 is 34.7 Å². The quantitative estimate of drug-likeness (QED) is 0.253. The second kappa shape index (κ2) is 19.0. The summed E-state index contributed by atoms with van der Waals surface area (Å²) >= 11 is 0. The molecule has 0 bridgehead atoms. The van der Waals surface area contributed by atoms with Crippen LogP contribution in [-0.2, 0) is 28.5 Å². The molecular weight excluding hydrogens is 304 g/mol. The average molecular weight is 334 g/mol. The fourth-order valence-electron chi connectivity index (χ4n) is 1.38. The van der Waals surface area contributed by atoms with Crippen LogP contribution in [0.3, 0.4) is 0 Å². The topological polar surface area (TPSA) is 101 Å². The third-order valence-electron chi connectivity index (χ3n) is 2.48. The number of carbonyl (C=O) groups is 1. The van der Waals surface area contributed by atoms with Crippen molar-refractivity contribution in [1.82, 2.24) is 5.32 Å². The summed E-state index contributed by atoms with van der Waals surface area (Å²) in [6.45, 7) is 9.52. The Bertz CT molecular complexity index is 279. The van der Waals surface area contributed by atoms with Gasteiger partial charge in [-0.05, 0) is 6.08 Å². The van der Waals surface area contributed by atoms with E-state index < -0.39 is 0 Å². The van der Waals surface area contributed by atoms with Gasteiger partial charge in [0.05, 0.1) is 66.1 Å². The third kappa shape index (κ3) is 18.9. The van der Waals surface area contributed by atoms with Crippen molar-refractivity contribution in [2.75, 3.05) is 79.2 Å². The van der Waals surface area contributed by atoms with Crippen molar-refractivity contribution in [3.8, 4) is 0 Å². The van der Waals surface area contributed by atoms with Crippen molar-refractivity contribution in [2.45, 2.75) is 0 Å². The minimum Gasteiger partial charge on any atom is -0.378 e. The van der Waals surface area contributed by atoms with Crippen molar-refractivity contribution in [3.63, 3.8) is 0 Å². The lowest BCUT2D eigenvalue weighted by Gasteiger charge is -2.08. The highest BCUT2D eigenvalue weighted by atomic mass is 16.6. The summed E-state index contributed by atoms with van der Waals surface area (Å²) in [7, 11) is 0. The molecular formula is C15H30N2O6. The van der Waals surface area contributed by atoms with Crippen LogP contribution in [0.15, 0.2) is 12.7 Å². The van der Waals surface area contributed by atoms with Gasteiger partial charge in [0.15, 0.2) is 0 Å². The fourth-order valence-corrected chi connectivity index (χ4v) is 1.38. The maximum Gasteiger partial charge on any atom is 0.243 e. The lowest BCUT2D eigenvalue weighted by molar-refractivity contribution is -0.116. The van der Waals surface area contributed by atoms with Crippen molar-refractivity contribution in [2.24, 2.45) is 5.73 Å². The Morgan fingerprint density at radius 1 is 0.783 bits per heavy atom. The van der Waals surface area contributed by atoms with Gasteiger partial charge in [-0.25, -0.2) is 0 Å². The number of nitrogens with two attached hydrogens (primary N) is 1. The third-order valence-corrected chi connectivity index (χ3v) is 2.48. The summed E-state index contributed by atoms with van der Waals surface area (Å²) in [6.07, 6.45) is 1.23. The number of hydrogen-bond donors (Lipinski definition) is 2. The largest absolute Gasteiger partial charge is 0.378 e. The highest BCUT2D eigenvalue weighted by Crippen LogP contribution is 1.83. The molecule has 0 aliphatic heterocycles. The van der Waals surface area contributed by atoms with Crippen LogP contribution in [0.1, 0.15) is 0 Å². The van der Waals surface area contributed by atoms with Gasteiger partial charge in [0.2, 0.25) is 5.91 Å². The summed E-state index contributed by atoms with van der Waals surface area (Å²) in [5.74, 6) is -0.200. The van der Waals surface area contributed by atoms with Crippen LogP contribution in [0.5, 0.6) is 0 Å². The van der Waals surface area contributed by atoms with Gasteiger partial charge in [-0.1, -0.05) is 6.58 Å². The van der Waals surface area contributed by atoms with Gasteiger partial charge >= 0.3 is 0 Å². The SMILES string of the molecule is C=CC(=O)NCCOCCOCCOCCOCCOCCN. The van der Waals surface area contributed by atoms with Crippen LogP contribution < -0.4 is 11.1 Å². The van der Waals surface area contributed by atoms with Crippen molar-refractivity contribution in [1.29, 1.82) is 0 Å². The predicted molar refractivity (Wildman–Crippen MR) is 86.4 cm³/mol. The van der Waals surface area contributed by atoms with Gasteiger partial charge in [-0.2, -0.15) is 0 Å². The molecule has 1 amide bonds. The molecule has 23 heavy (non-hydrogen) atoms. The molecule has 0 aliphatic rings. The molecule has 0 aromatic carbocycles. The minimum absolute atomic E-state index is 0.200. The van der Waals surface area contributed by atoms with E-state index in [1.807, 2.05) is 0 Å². The smallest absolute Gasteiger partial charge is 0.243 e. The molecule has 0 atom stereocenters. The molecule has 8 heteroatoms. The highest BCUT2D eigenvalue weighted by molar-refractivity contribution is 5.86. The molecule has 0 saturated heterocycles. The Labute approximate surface area is 138 Å². The molecule has 0 aliphatic carbocycles. The van der Waals surface area contributed by atoms with E-state index in [-0.39, 0.29) is 5.91 Å². The Kier molecular flexibility index (Phi) is 18.2. The maximum absolute atomic E-state index is 10.8. The van der Waals surface area contributed by atoms with E-state index >= 15 is 0 Å². The van der Waals surface area contributed by atoms with Gasteiger partial charge in [0.1, 0.15) is 0 Å². The number of hydrogen-bond acceptors (Lipinski definition) is 7. The molecule has 0 fully saturated rings. The first-order valence-corrected chi connectivity index (χ1v) is 7.80. The normalized spacial score (nSPS) is 10.7. The first-order chi connectivity index (χ1) is 11.3. The number of nitrogens with one attached hydrogen (secondary N) is 1. The van der Waals surface area contributed by atoms with Crippen LogP contribution in [-0.4, -0.2) is 85.1 Å². The molecule has 0 aromatic heterocycles. The van der Waals surface area contributed by atoms with Gasteiger partial charge in [0.25, 0.3) is 0 Å². The average Bonchev–Trinajstić information content (AvgIpc) is 2.57. The molecule has 0 rings (SSSR count). The van der Waals surface area contributed by atoms with E-state index in [0.29, 0.717) is 79.2 Å². The highest BCUT2D eigenvalue weighted by Gasteiger charge is 1.94. The zero-order chi connectivity index (χ0) is 17.0. The molecule has 0 radical (unpaired) electrons. The van der Waals surface area contributed by atoms with E-state index in [2.05, 4.69) is 11.9 Å². The zero-order valence-electron chi connectivity index (χ0n) is 13.8. The van der Waals surface area contributed by atoms with Crippen LogP contribution >= 0.6 is 0 Å². The maximum atomic E-state index is 10.8. The van der Waals surface area contributed by atoms with E-state index in [9.17, 15) is 4.79 Å². The molecule has 0 heterocycles. The van der Waals surface area contributed by atoms with Crippen LogP contribution in [0.25, 0.3) is 0 Å². The summed E-state index contributed by atoms with van der Waals surface area (Å²) in [6, 6.07) is 0. The Hall–Kier alpha value is -1.03. The molecule has 0 unspecified atom stereocenters. The summed E-state index contributed by atoms with van der Waals surface area (Å²) < 4.78 is 26.4. The minimum atomic E-state index is -0.200. The zero-order valence-corrected chi connectivity index (χ0v) is 13.8. The van der Waals surface area contributed by atoms with Crippen LogP contribution in [0, 0.1) is 0 Å². The molecule has 136 valence electrons. The van der Waals surface area contributed by atoms with Gasteiger partial charge in [0, 0.05) is 13.1 Å². The number of carbonyl (C=O) groups excluding carboxylic acids is 1. The van der Waals surface area contributed by atoms with Crippen molar-refractivity contribution >= 4 is 5.91 Å². The molecule has 0 saturated carbocycles. The van der Waals surface area contributed by atoms with Crippen LogP contribution in [0.2, 0.25) is 0 Å². The molecule has 3 N–H and O–H groups in total. The lowest BCUT2D eigenvalue weighted by Crippen LogP contribution is -2.25. The standard InChI is InChI=1S/C15H30N2O6/c1-2-15(18)17-4-6-20-8-10-22-12-14-23-13-11-21-9-7-19-5-3-16/h2H,1,3-14,16H2,(H,17,18). The predicted octanol–water partition coefficient (Wildman–Crippen LogP) is -0.670. The first-order valence-electron chi connectivity index (χ1n) is 7.80. The second-order valence-corrected chi connectivity index (χ2v) is 4.35. The number of amides is 1. The van der Waals surface area contributed by atoms with Crippen LogP contribution in [0.4, 0.5) is 0 Å². The second-order valence-electron chi connectivity index (χ2n) is 4.35. The molecule has 0 aromatic rings. The Morgan fingerprint density at radius 2 is 1.17 bits per heavy atom. The molecule has 0 spiro atoms. The van der Waals surface area contributed by atoms with E-state index in [4.69, 9.17) is 29.4 Å². The lowest BCUT2D eigenvalue weighted by atomic mass is 10.5. The summed E-state index contributed by atoms with van der Waals surface area (Å²) in [4.78, 5) is 10.8.